The topological polar surface area (TPSA) is 35.5 Å². The summed E-state index contributed by atoms with van der Waals surface area (Å²) in [4.78, 5) is 11.2. The molecule has 154 valence electrons. The molecule has 0 amide bonds. The largest absolute Gasteiger partial charge is 0.493 e. The summed E-state index contributed by atoms with van der Waals surface area (Å²) in [6.45, 7) is 6.52. The molecule has 2 aliphatic carbocycles. The average Bonchev–Trinajstić information content (AvgIpc) is 2.74. The van der Waals surface area contributed by atoms with Crippen LogP contribution in [0.1, 0.15) is 71.1 Å². The molecule has 0 heterocycles. The molecule has 2 aliphatic rings. The lowest BCUT2D eigenvalue weighted by Crippen LogP contribution is -2.27. The smallest absolute Gasteiger partial charge is 0.335 e. The zero-order valence-electron chi connectivity index (χ0n) is 17.4. The second-order valence-electron chi connectivity index (χ2n) is 8.76. The van der Waals surface area contributed by atoms with Gasteiger partial charge in [-0.1, -0.05) is 39.2 Å². The third-order valence-electron chi connectivity index (χ3n) is 6.84. The van der Waals surface area contributed by atoms with E-state index in [0.717, 1.165) is 36.2 Å². The van der Waals surface area contributed by atoms with E-state index in [0.29, 0.717) is 11.7 Å². The van der Waals surface area contributed by atoms with E-state index in [1.165, 1.54) is 64.2 Å². The first kappa shape index (κ1) is 21.0. The molecule has 2 fully saturated rings. The molecule has 2 saturated carbocycles. The van der Waals surface area contributed by atoms with Crippen LogP contribution >= 0.6 is 0 Å². The van der Waals surface area contributed by atoms with Gasteiger partial charge < -0.3 is 9.47 Å². The lowest BCUT2D eigenvalue weighted by molar-refractivity contribution is -0.128. The molecular weight excluding hydrogens is 348 g/mol. The molecular formula is C25H36O3. The Morgan fingerprint density at radius 1 is 0.929 bits per heavy atom. The van der Waals surface area contributed by atoms with Crippen LogP contribution < -0.4 is 9.47 Å². The Morgan fingerprint density at radius 3 is 2.00 bits per heavy atom. The quantitative estimate of drug-likeness (QED) is 0.289. The van der Waals surface area contributed by atoms with E-state index in [1.807, 2.05) is 12.1 Å². The Bertz CT molecular complexity index is 605. The van der Waals surface area contributed by atoms with Crippen LogP contribution in [-0.4, -0.2) is 12.6 Å². The van der Waals surface area contributed by atoms with E-state index < -0.39 is 5.97 Å². The van der Waals surface area contributed by atoms with Gasteiger partial charge in [0.25, 0.3) is 0 Å². The van der Waals surface area contributed by atoms with Crippen molar-refractivity contribution in [3.05, 3.63) is 36.9 Å². The van der Waals surface area contributed by atoms with Crippen LogP contribution in [0.25, 0.3) is 0 Å². The van der Waals surface area contributed by atoms with Gasteiger partial charge in [-0.15, -0.1) is 0 Å². The van der Waals surface area contributed by atoms with Gasteiger partial charge in [0.15, 0.2) is 0 Å². The second-order valence-corrected chi connectivity index (χ2v) is 8.76. The first-order chi connectivity index (χ1) is 13.7. The minimum atomic E-state index is -0.440. The molecule has 0 bridgehead atoms. The highest BCUT2D eigenvalue weighted by Crippen LogP contribution is 2.42. The molecule has 3 heteroatoms. The minimum absolute atomic E-state index is 0.440. The van der Waals surface area contributed by atoms with Gasteiger partial charge in [0.2, 0.25) is 0 Å². The SMILES string of the molecule is C=CC(=O)Oc1ccc(OCC2CCC(C3CCC(CCC)CC3)CC2)cc1. The summed E-state index contributed by atoms with van der Waals surface area (Å²) in [5.41, 5.74) is 0. The molecule has 0 N–H and O–H groups in total. The van der Waals surface area contributed by atoms with Crippen LogP contribution in [0.3, 0.4) is 0 Å². The van der Waals surface area contributed by atoms with Gasteiger partial charge in [0.1, 0.15) is 11.5 Å². The molecule has 0 radical (unpaired) electrons. The zero-order valence-corrected chi connectivity index (χ0v) is 17.4. The number of hydrogen-bond donors (Lipinski definition) is 0. The molecule has 0 aromatic heterocycles. The van der Waals surface area contributed by atoms with Gasteiger partial charge in [-0.2, -0.15) is 0 Å². The van der Waals surface area contributed by atoms with Gasteiger partial charge in [-0.05, 0) is 86.5 Å². The monoisotopic (exact) mass is 384 g/mol. The molecule has 0 atom stereocenters. The summed E-state index contributed by atoms with van der Waals surface area (Å²) in [6, 6.07) is 7.27. The van der Waals surface area contributed by atoms with Crippen molar-refractivity contribution in [2.24, 2.45) is 23.7 Å². The van der Waals surface area contributed by atoms with E-state index in [-0.39, 0.29) is 0 Å². The van der Waals surface area contributed by atoms with Crippen molar-refractivity contribution in [1.29, 1.82) is 0 Å². The number of carbonyl (C=O) groups excluding carboxylic acids is 1. The van der Waals surface area contributed by atoms with Crippen LogP contribution in [0.15, 0.2) is 36.9 Å². The third kappa shape index (κ3) is 6.12. The van der Waals surface area contributed by atoms with Crippen molar-refractivity contribution in [3.63, 3.8) is 0 Å². The molecule has 3 rings (SSSR count). The van der Waals surface area contributed by atoms with Crippen molar-refractivity contribution in [2.45, 2.75) is 71.1 Å². The highest BCUT2D eigenvalue weighted by Gasteiger charge is 2.30. The zero-order chi connectivity index (χ0) is 19.8. The van der Waals surface area contributed by atoms with Crippen LogP contribution in [0.2, 0.25) is 0 Å². The van der Waals surface area contributed by atoms with Crippen molar-refractivity contribution >= 4 is 5.97 Å². The number of esters is 1. The van der Waals surface area contributed by atoms with Gasteiger partial charge in [-0.3, -0.25) is 0 Å². The minimum Gasteiger partial charge on any atom is -0.493 e. The fourth-order valence-electron chi connectivity index (χ4n) is 5.16. The van der Waals surface area contributed by atoms with Gasteiger partial charge in [0, 0.05) is 6.08 Å². The van der Waals surface area contributed by atoms with E-state index in [9.17, 15) is 4.79 Å². The van der Waals surface area contributed by atoms with Crippen molar-refractivity contribution in [2.75, 3.05) is 6.61 Å². The van der Waals surface area contributed by atoms with Crippen molar-refractivity contribution in [1.82, 2.24) is 0 Å². The van der Waals surface area contributed by atoms with E-state index in [4.69, 9.17) is 9.47 Å². The molecule has 0 aliphatic heterocycles. The number of carbonyl (C=O) groups is 1. The predicted molar refractivity (Wildman–Crippen MR) is 114 cm³/mol. The third-order valence-corrected chi connectivity index (χ3v) is 6.84. The first-order valence-electron chi connectivity index (χ1n) is 11.2. The summed E-state index contributed by atoms with van der Waals surface area (Å²) in [5, 5.41) is 0. The molecule has 0 saturated heterocycles. The lowest BCUT2D eigenvalue weighted by Gasteiger charge is -2.37. The van der Waals surface area contributed by atoms with Crippen LogP contribution in [0, 0.1) is 23.7 Å². The maximum Gasteiger partial charge on any atom is 0.335 e. The lowest BCUT2D eigenvalue weighted by atomic mass is 9.69. The number of hydrogen-bond acceptors (Lipinski definition) is 3. The Balaban J connectivity index is 1.35. The van der Waals surface area contributed by atoms with Crippen molar-refractivity contribution < 1.29 is 14.3 Å². The van der Waals surface area contributed by atoms with Crippen LogP contribution in [-0.2, 0) is 4.79 Å². The summed E-state index contributed by atoms with van der Waals surface area (Å²) in [6.07, 6.45) is 15.2. The molecule has 28 heavy (non-hydrogen) atoms. The molecule has 1 aromatic carbocycles. The second kappa shape index (κ2) is 10.7. The van der Waals surface area contributed by atoms with Crippen LogP contribution in [0.5, 0.6) is 11.5 Å². The predicted octanol–water partition coefficient (Wildman–Crippen LogP) is 6.57. The highest BCUT2D eigenvalue weighted by atomic mass is 16.5. The Morgan fingerprint density at radius 2 is 1.46 bits per heavy atom. The number of ether oxygens (including phenoxy) is 2. The number of benzene rings is 1. The summed E-state index contributed by atoms with van der Waals surface area (Å²) < 4.78 is 11.1. The summed E-state index contributed by atoms with van der Waals surface area (Å²) in [7, 11) is 0. The maximum atomic E-state index is 11.2. The average molecular weight is 385 g/mol. The molecule has 0 spiro atoms. The normalized spacial score (nSPS) is 27.8. The fraction of sp³-hybridized carbons (Fsp3) is 0.640. The van der Waals surface area contributed by atoms with E-state index in [2.05, 4.69) is 13.5 Å². The van der Waals surface area contributed by atoms with Gasteiger partial charge in [-0.25, -0.2) is 4.79 Å². The molecule has 0 unspecified atom stereocenters. The van der Waals surface area contributed by atoms with Crippen molar-refractivity contribution in [3.8, 4) is 11.5 Å². The number of rotatable bonds is 8. The maximum absolute atomic E-state index is 11.2. The highest BCUT2D eigenvalue weighted by molar-refractivity contribution is 5.83. The Kier molecular flexibility index (Phi) is 8.00. The van der Waals surface area contributed by atoms with Crippen LogP contribution in [0.4, 0.5) is 0 Å². The van der Waals surface area contributed by atoms with Gasteiger partial charge in [0.05, 0.1) is 6.61 Å². The fourth-order valence-corrected chi connectivity index (χ4v) is 5.16. The molecule has 1 aromatic rings. The standard InChI is InChI=1S/C25H36O3/c1-3-5-19-6-10-21(11-7-19)22-12-8-20(9-13-22)18-27-23-14-16-24(17-15-23)28-25(26)4-2/h4,14-17,19-22H,2-3,5-13,18H2,1H3. The molecule has 3 nitrogen and oxygen atoms in total. The van der Waals surface area contributed by atoms with Gasteiger partial charge >= 0.3 is 5.97 Å². The summed E-state index contributed by atoms with van der Waals surface area (Å²) in [5.74, 6) is 4.55. The Hall–Kier alpha value is -1.77. The van der Waals surface area contributed by atoms with E-state index >= 15 is 0 Å². The first-order valence-corrected chi connectivity index (χ1v) is 11.2. The van der Waals surface area contributed by atoms with E-state index in [1.54, 1.807) is 12.1 Å². The Labute approximate surface area is 170 Å². The summed E-state index contributed by atoms with van der Waals surface area (Å²) >= 11 is 0.